The second kappa shape index (κ2) is 7.50. The van der Waals surface area contributed by atoms with Crippen LogP contribution in [0.5, 0.6) is 0 Å². The maximum Gasteiger partial charge on any atom is 0.141 e. The van der Waals surface area contributed by atoms with Crippen LogP contribution in [0.4, 0.5) is 0 Å². The molecule has 0 atom stereocenters. The number of fused-ring (bicyclic) bond motifs is 1. The Bertz CT molecular complexity index is 1100. The zero-order valence-corrected chi connectivity index (χ0v) is 15.2. The molecule has 0 bridgehead atoms. The first kappa shape index (κ1) is 17.1. The summed E-state index contributed by atoms with van der Waals surface area (Å²) in [5, 5.41) is 1.07. The number of ketones is 1. The predicted molar refractivity (Wildman–Crippen MR) is 109 cm³/mol. The highest BCUT2D eigenvalue weighted by Gasteiger charge is 2.07. The topological polar surface area (TPSA) is 42.9 Å². The van der Waals surface area contributed by atoms with E-state index in [4.69, 9.17) is 0 Å². The lowest BCUT2D eigenvalue weighted by Crippen LogP contribution is -2.06. The summed E-state index contributed by atoms with van der Waals surface area (Å²) in [7, 11) is 0. The van der Waals surface area contributed by atoms with Gasteiger partial charge in [0.1, 0.15) is 5.78 Å². The lowest BCUT2D eigenvalue weighted by atomic mass is 9.99. The second-order valence-corrected chi connectivity index (χ2v) is 6.81. The van der Waals surface area contributed by atoms with Crippen molar-refractivity contribution in [3.8, 4) is 11.1 Å². The third-order valence-corrected chi connectivity index (χ3v) is 4.65. The number of hydrogen-bond donors (Lipinski definition) is 0. The molecule has 0 fully saturated rings. The second-order valence-electron chi connectivity index (χ2n) is 6.81. The van der Waals surface area contributed by atoms with Gasteiger partial charge < -0.3 is 0 Å². The van der Waals surface area contributed by atoms with E-state index in [9.17, 15) is 4.79 Å². The number of rotatable bonds is 5. The SMILES string of the molecule is Cc1cc(-c2ccc(CC(=O)Cc3ccc4ncccc4c3)cc2)ccn1. The van der Waals surface area contributed by atoms with Crippen LogP contribution in [0, 0.1) is 6.92 Å². The minimum Gasteiger partial charge on any atom is -0.299 e. The van der Waals surface area contributed by atoms with Crippen LogP contribution in [0.15, 0.2) is 79.1 Å². The Balaban J connectivity index is 1.44. The van der Waals surface area contributed by atoms with Gasteiger partial charge in [0.2, 0.25) is 0 Å². The van der Waals surface area contributed by atoms with Gasteiger partial charge in [-0.25, -0.2) is 0 Å². The van der Waals surface area contributed by atoms with E-state index < -0.39 is 0 Å². The Morgan fingerprint density at radius 1 is 0.778 bits per heavy atom. The van der Waals surface area contributed by atoms with Gasteiger partial charge in [-0.15, -0.1) is 0 Å². The number of hydrogen-bond acceptors (Lipinski definition) is 3. The predicted octanol–water partition coefficient (Wildman–Crippen LogP) is 4.96. The Labute approximate surface area is 158 Å². The Morgan fingerprint density at radius 2 is 1.56 bits per heavy atom. The lowest BCUT2D eigenvalue weighted by Gasteiger charge is -2.06. The van der Waals surface area contributed by atoms with Crippen molar-refractivity contribution in [2.45, 2.75) is 19.8 Å². The van der Waals surface area contributed by atoms with Crippen LogP contribution in [0.2, 0.25) is 0 Å². The first-order valence-electron chi connectivity index (χ1n) is 9.05. The summed E-state index contributed by atoms with van der Waals surface area (Å²) in [6.45, 7) is 1.99. The van der Waals surface area contributed by atoms with Gasteiger partial charge in [-0.2, -0.15) is 0 Å². The molecule has 2 aromatic heterocycles. The fourth-order valence-corrected chi connectivity index (χ4v) is 3.29. The third kappa shape index (κ3) is 4.09. The lowest BCUT2D eigenvalue weighted by molar-refractivity contribution is -0.117. The Morgan fingerprint density at radius 3 is 2.37 bits per heavy atom. The number of aromatic nitrogens is 2. The van der Waals surface area contributed by atoms with E-state index in [1.807, 2.05) is 55.6 Å². The van der Waals surface area contributed by atoms with Gasteiger partial charge in [0.25, 0.3) is 0 Å². The average molecular weight is 352 g/mol. The van der Waals surface area contributed by atoms with Crippen molar-refractivity contribution in [3.63, 3.8) is 0 Å². The van der Waals surface area contributed by atoms with Gasteiger partial charge in [0.15, 0.2) is 0 Å². The fraction of sp³-hybridized carbons (Fsp3) is 0.125. The van der Waals surface area contributed by atoms with Crippen molar-refractivity contribution in [1.29, 1.82) is 0 Å². The first-order chi connectivity index (χ1) is 13.2. The fourth-order valence-electron chi connectivity index (χ4n) is 3.29. The monoisotopic (exact) mass is 352 g/mol. The van der Waals surface area contributed by atoms with E-state index in [-0.39, 0.29) is 5.78 Å². The highest BCUT2D eigenvalue weighted by Crippen LogP contribution is 2.20. The average Bonchev–Trinajstić information content (AvgIpc) is 2.68. The summed E-state index contributed by atoms with van der Waals surface area (Å²) in [5.74, 6) is 0.214. The number of benzene rings is 2. The summed E-state index contributed by atoms with van der Waals surface area (Å²) in [6.07, 6.45) is 4.49. The van der Waals surface area contributed by atoms with E-state index in [1.165, 1.54) is 0 Å². The van der Waals surface area contributed by atoms with Gasteiger partial charge in [-0.3, -0.25) is 14.8 Å². The summed E-state index contributed by atoms with van der Waals surface area (Å²) in [4.78, 5) is 21.0. The van der Waals surface area contributed by atoms with Crippen molar-refractivity contribution in [2.24, 2.45) is 0 Å². The minimum atomic E-state index is 0.214. The first-order valence-corrected chi connectivity index (χ1v) is 9.05. The van der Waals surface area contributed by atoms with Gasteiger partial charge >= 0.3 is 0 Å². The van der Waals surface area contributed by atoms with Crippen molar-refractivity contribution in [2.75, 3.05) is 0 Å². The smallest absolute Gasteiger partial charge is 0.141 e. The number of nitrogens with zero attached hydrogens (tertiary/aromatic N) is 2. The van der Waals surface area contributed by atoms with E-state index in [1.54, 1.807) is 6.20 Å². The third-order valence-electron chi connectivity index (χ3n) is 4.65. The molecule has 0 aliphatic carbocycles. The van der Waals surface area contributed by atoms with Crippen molar-refractivity contribution < 1.29 is 4.79 Å². The summed E-state index contributed by atoms with van der Waals surface area (Å²) < 4.78 is 0. The molecule has 0 unspecified atom stereocenters. The van der Waals surface area contributed by atoms with Crippen molar-refractivity contribution in [3.05, 3.63) is 95.9 Å². The van der Waals surface area contributed by atoms with Crippen LogP contribution < -0.4 is 0 Å². The van der Waals surface area contributed by atoms with E-state index in [0.29, 0.717) is 12.8 Å². The molecule has 2 aromatic carbocycles. The molecule has 4 rings (SSSR count). The maximum absolute atomic E-state index is 12.5. The molecule has 0 aliphatic rings. The molecule has 0 amide bonds. The molecular weight excluding hydrogens is 332 g/mol. The van der Waals surface area contributed by atoms with Gasteiger partial charge in [0, 0.05) is 36.3 Å². The van der Waals surface area contributed by atoms with E-state index in [0.717, 1.165) is 38.9 Å². The zero-order chi connectivity index (χ0) is 18.6. The number of Topliss-reactive ketones (excluding diaryl/α,β-unsaturated/α-hetero) is 1. The number of aryl methyl sites for hydroxylation is 1. The van der Waals surface area contributed by atoms with Crippen LogP contribution in [0.25, 0.3) is 22.0 Å². The quantitative estimate of drug-likeness (QED) is 0.510. The van der Waals surface area contributed by atoms with Crippen LogP contribution in [-0.4, -0.2) is 15.8 Å². The molecule has 0 radical (unpaired) electrons. The summed E-state index contributed by atoms with van der Waals surface area (Å²) in [6, 6.07) is 22.2. The molecule has 0 spiro atoms. The molecule has 3 heteroatoms. The molecule has 0 saturated carbocycles. The van der Waals surface area contributed by atoms with Crippen LogP contribution in [0.1, 0.15) is 16.8 Å². The van der Waals surface area contributed by atoms with Crippen LogP contribution in [0.3, 0.4) is 0 Å². The Hall–Kier alpha value is -3.33. The van der Waals surface area contributed by atoms with Gasteiger partial charge in [-0.1, -0.05) is 36.4 Å². The molecule has 0 N–H and O–H groups in total. The molecule has 27 heavy (non-hydrogen) atoms. The standard InChI is InChI=1S/C24H20N2O/c1-17-13-21(10-12-25-17)20-7-4-18(5-8-20)15-23(27)16-19-6-9-24-22(14-19)3-2-11-26-24/h2-14H,15-16H2,1H3. The molecule has 132 valence electrons. The van der Waals surface area contributed by atoms with Crippen molar-refractivity contribution in [1.82, 2.24) is 9.97 Å². The summed E-state index contributed by atoms with van der Waals surface area (Å²) >= 11 is 0. The zero-order valence-electron chi connectivity index (χ0n) is 15.2. The number of carbonyl (C=O) groups excluding carboxylic acids is 1. The molecule has 2 heterocycles. The largest absolute Gasteiger partial charge is 0.299 e. The molecule has 0 aliphatic heterocycles. The minimum absolute atomic E-state index is 0.214. The highest BCUT2D eigenvalue weighted by atomic mass is 16.1. The van der Waals surface area contributed by atoms with E-state index >= 15 is 0 Å². The Kier molecular flexibility index (Phi) is 4.75. The molecule has 3 nitrogen and oxygen atoms in total. The normalized spacial score (nSPS) is 10.9. The van der Waals surface area contributed by atoms with Gasteiger partial charge in [-0.05, 0) is 59.5 Å². The molecular formula is C24H20N2O. The highest BCUT2D eigenvalue weighted by molar-refractivity contribution is 5.85. The molecule has 4 aromatic rings. The number of pyridine rings is 2. The maximum atomic E-state index is 12.5. The van der Waals surface area contributed by atoms with Crippen LogP contribution in [-0.2, 0) is 17.6 Å². The molecule has 0 saturated heterocycles. The van der Waals surface area contributed by atoms with Gasteiger partial charge in [0.05, 0.1) is 5.52 Å². The van der Waals surface area contributed by atoms with Crippen LogP contribution >= 0.6 is 0 Å². The summed E-state index contributed by atoms with van der Waals surface area (Å²) in [5.41, 5.74) is 6.30. The number of carbonyl (C=O) groups is 1. The van der Waals surface area contributed by atoms with E-state index in [2.05, 4.69) is 34.2 Å². The van der Waals surface area contributed by atoms with Crippen molar-refractivity contribution >= 4 is 16.7 Å².